The van der Waals surface area contributed by atoms with E-state index in [0.717, 1.165) is 12.2 Å². The van der Waals surface area contributed by atoms with Crippen molar-refractivity contribution in [3.63, 3.8) is 0 Å². The number of hydrogen-bond donors (Lipinski definition) is 3. The molecular formula is C15H26N4O3. The molecule has 0 atom stereocenters. The highest BCUT2D eigenvalue weighted by molar-refractivity contribution is 5.79. The van der Waals surface area contributed by atoms with Crippen molar-refractivity contribution in [2.75, 3.05) is 26.7 Å². The van der Waals surface area contributed by atoms with E-state index in [2.05, 4.69) is 20.9 Å². The molecule has 0 aliphatic carbocycles. The summed E-state index contributed by atoms with van der Waals surface area (Å²) in [4.78, 5) is 15.6. The molecular weight excluding hydrogens is 284 g/mol. The normalized spacial score (nSPS) is 11.9. The van der Waals surface area contributed by atoms with E-state index in [1.807, 2.05) is 32.9 Å². The van der Waals surface area contributed by atoms with Gasteiger partial charge in [-0.25, -0.2) is 4.79 Å². The lowest BCUT2D eigenvalue weighted by Crippen LogP contribution is -2.42. The molecule has 1 amide bonds. The van der Waals surface area contributed by atoms with Crippen molar-refractivity contribution in [3.8, 4) is 0 Å². The molecule has 7 heteroatoms. The van der Waals surface area contributed by atoms with E-state index in [9.17, 15) is 4.79 Å². The summed E-state index contributed by atoms with van der Waals surface area (Å²) < 4.78 is 10.4. The van der Waals surface area contributed by atoms with Crippen LogP contribution in [0.3, 0.4) is 0 Å². The number of ether oxygens (including phenoxy) is 1. The van der Waals surface area contributed by atoms with Crippen LogP contribution in [0.2, 0.25) is 0 Å². The number of carbonyl (C=O) groups excluding carboxylic acids is 1. The first-order chi connectivity index (χ1) is 10.4. The van der Waals surface area contributed by atoms with Crippen LogP contribution < -0.4 is 16.0 Å². The van der Waals surface area contributed by atoms with Crippen molar-refractivity contribution in [2.24, 2.45) is 4.99 Å². The van der Waals surface area contributed by atoms with Crippen LogP contribution in [-0.4, -0.2) is 44.3 Å². The standard InChI is InChI=1S/C15H26N4O3/c1-15(2,3)22-14(20)19-10-9-18-13(16-4)17-8-7-12-6-5-11-21-12/h5-6,11H,7-10H2,1-4H3,(H,19,20)(H2,16,17,18). The molecule has 3 N–H and O–H groups in total. The van der Waals surface area contributed by atoms with Gasteiger partial charge >= 0.3 is 6.09 Å². The van der Waals surface area contributed by atoms with E-state index in [-0.39, 0.29) is 0 Å². The van der Waals surface area contributed by atoms with Gasteiger partial charge in [0.15, 0.2) is 5.96 Å². The highest BCUT2D eigenvalue weighted by atomic mass is 16.6. The molecule has 1 heterocycles. The Bertz CT molecular complexity index is 464. The van der Waals surface area contributed by atoms with Crippen molar-refractivity contribution < 1.29 is 13.9 Å². The summed E-state index contributed by atoms with van der Waals surface area (Å²) in [7, 11) is 1.70. The molecule has 0 aromatic carbocycles. The van der Waals surface area contributed by atoms with E-state index in [1.165, 1.54) is 0 Å². The monoisotopic (exact) mass is 310 g/mol. The molecule has 0 unspecified atom stereocenters. The van der Waals surface area contributed by atoms with Crippen molar-refractivity contribution >= 4 is 12.1 Å². The fourth-order valence-corrected chi connectivity index (χ4v) is 1.64. The summed E-state index contributed by atoms with van der Waals surface area (Å²) in [6.07, 6.45) is 2.02. The first kappa shape index (κ1) is 17.9. The first-order valence-corrected chi connectivity index (χ1v) is 7.34. The van der Waals surface area contributed by atoms with E-state index < -0.39 is 11.7 Å². The topological polar surface area (TPSA) is 87.9 Å². The van der Waals surface area contributed by atoms with E-state index in [0.29, 0.717) is 25.6 Å². The molecule has 0 spiro atoms. The fourth-order valence-electron chi connectivity index (χ4n) is 1.64. The minimum atomic E-state index is -0.485. The van der Waals surface area contributed by atoms with Gasteiger partial charge in [-0.05, 0) is 32.9 Å². The summed E-state index contributed by atoms with van der Waals surface area (Å²) in [5.74, 6) is 1.60. The largest absolute Gasteiger partial charge is 0.469 e. The summed E-state index contributed by atoms with van der Waals surface area (Å²) in [6, 6.07) is 3.80. The van der Waals surface area contributed by atoms with Crippen LogP contribution in [0, 0.1) is 0 Å². The molecule has 0 fully saturated rings. The summed E-state index contributed by atoms with van der Waals surface area (Å²) in [5.41, 5.74) is -0.485. The Hall–Kier alpha value is -2.18. The maximum absolute atomic E-state index is 11.5. The molecule has 0 aliphatic heterocycles. The van der Waals surface area contributed by atoms with Gasteiger partial charge in [0.2, 0.25) is 0 Å². The zero-order valence-electron chi connectivity index (χ0n) is 13.7. The molecule has 22 heavy (non-hydrogen) atoms. The van der Waals surface area contributed by atoms with Gasteiger partial charge in [0.1, 0.15) is 11.4 Å². The van der Waals surface area contributed by atoms with Crippen LogP contribution in [0.4, 0.5) is 4.79 Å². The Kier molecular flexibility index (Phi) is 7.28. The minimum Gasteiger partial charge on any atom is -0.469 e. The summed E-state index contributed by atoms with van der Waals surface area (Å²) in [5, 5.41) is 8.95. The molecule has 0 aliphatic rings. The highest BCUT2D eigenvalue weighted by Crippen LogP contribution is 2.05. The number of nitrogens with zero attached hydrogens (tertiary/aromatic N) is 1. The number of furan rings is 1. The second kappa shape index (κ2) is 8.96. The SMILES string of the molecule is CN=C(NCCNC(=O)OC(C)(C)C)NCCc1ccco1. The molecule has 1 aromatic heterocycles. The van der Waals surface area contributed by atoms with Crippen LogP contribution in [0.25, 0.3) is 0 Å². The third-order valence-corrected chi connectivity index (χ3v) is 2.55. The van der Waals surface area contributed by atoms with Gasteiger partial charge in [0.05, 0.1) is 6.26 Å². The number of nitrogens with one attached hydrogen (secondary N) is 3. The Morgan fingerprint density at radius 3 is 2.50 bits per heavy atom. The summed E-state index contributed by atoms with van der Waals surface area (Å²) >= 11 is 0. The Morgan fingerprint density at radius 1 is 1.23 bits per heavy atom. The number of amides is 1. The number of guanidine groups is 1. The molecule has 124 valence electrons. The quantitative estimate of drug-likeness (QED) is 0.421. The molecule has 1 aromatic rings. The molecule has 1 rings (SSSR count). The van der Waals surface area contributed by atoms with Crippen molar-refractivity contribution in [1.29, 1.82) is 0 Å². The van der Waals surface area contributed by atoms with Crippen LogP contribution in [0.1, 0.15) is 26.5 Å². The van der Waals surface area contributed by atoms with Gasteiger partial charge in [-0.2, -0.15) is 0 Å². The number of aliphatic imine (C=N–C) groups is 1. The van der Waals surface area contributed by atoms with E-state index in [1.54, 1.807) is 13.3 Å². The van der Waals surface area contributed by atoms with Gasteiger partial charge in [-0.15, -0.1) is 0 Å². The van der Waals surface area contributed by atoms with Gasteiger partial charge < -0.3 is 25.1 Å². The van der Waals surface area contributed by atoms with Crippen LogP contribution in [-0.2, 0) is 11.2 Å². The van der Waals surface area contributed by atoms with Crippen LogP contribution >= 0.6 is 0 Å². The Labute approximate surface area is 131 Å². The molecule has 7 nitrogen and oxygen atoms in total. The molecule has 0 saturated heterocycles. The first-order valence-electron chi connectivity index (χ1n) is 7.34. The molecule has 0 saturated carbocycles. The lowest BCUT2D eigenvalue weighted by Gasteiger charge is -2.19. The fraction of sp³-hybridized carbons (Fsp3) is 0.600. The zero-order chi connectivity index (χ0) is 16.4. The average molecular weight is 310 g/mol. The lowest BCUT2D eigenvalue weighted by atomic mass is 10.2. The Morgan fingerprint density at radius 2 is 1.91 bits per heavy atom. The van der Waals surface area contributed by atoms with Gasteiger partial charge in [0.25, 0.3) is 0 Å². The van der Waals surface area contributed by atoms with E-state index >= 15 is 0 Å². The lowest BCUT2D eigenvalue weighted by molar-refractivity contribution is 0.0529. The van der Waals surface area contributed by atoms with Crippen LogP contribution in [0.5, 0.6) is 0 Å². The van der Waals surface area contributed by atoms with Gasteiger partial charge in [-0.1, -0.05) is 0 Å². The predicted octanol–water partition coefficient (Wildman–Crippen LogP) is 1.51. The van der Waals surface area contributed by atoms with Crippen molar-refractivity contribution in [3.05, 3.63) is 24.2 Å². The van der Waals surface area contributed by atoms with Gasteiger partial charge in [0, 0.05) is 33.1 Å². The van der Waals surface area contributed by atoms with E-state index in [4.69, 9.17) is 9.15 Å². The van der Waals surface area contributed by atoms with Gasteiger partial charge in [-0.3, -0.25) is 4.99 Å². The number of carbonyl (C=O) groups is 1. The smallest absolute Gasteiger partial charge is 0.407 e. The number of hydrogen-bond acceptors (Lipinski definition) is 4. The third-order valence-electron chi connectivity index (χ3n) is 2.55. The summed E-state index contributed by atoms with van der Waals surface area (Å²) in [6.45, 7) is 7.21. The third kappa shape index (κ3) is 8.18. The predicted molar refractivity (Wildman–Crippen MR) is 86.0 cm³/mol. The second-order valence-electron chi connectivity index (χ2n) is 5.68. The number of rotatable bonds is 6. The van der Waals surface area contributed by atoms with Crippen molar-refractivity contribution in [1.82, 2.24) is 16.0 Å². The minimum absolute atomic E-state index is 0.421. The second-order valence-corrected chi connectivity index (χ2v) is 5.68. The highest BCUT2D eigenvalue weighted by Gasteiger charge is 2.15. The molecule has 0 bridgehead atoms. The maximum atomic E-state index is 11.5. The average Bonchev–Trinajstić information content (AvgIpc) is 2.92. The van der Waals surface area contributed by atoms with Crippen LogP contribution in [0.15, 0.2) is 27.8 Å². The Balaban J connectivity index is 2.12. The molecule has 0 radical (unpaired) electrons. The van der Waals surface area contributed by atoms with Crippen molar-refractivity contribution in [2.45, 2.75) is 32.8 Å². The number of alkyl carbamates (subject to hydrolysis) is 1. The zero-order valence-corrected chi connectivity index (χ0v) is 13.7. The maximum Gasteiger partial charge on any atom is 0.407 e.